The zero-order valence-electron chi connectivity index (χ0n) is 18.1. The third kappa shape index (κ3) is 4.91. The molecule has 0 spiro atoms. The Balaban J connectivity index is 1.78. The van der Waals surface area contributed by atoms with Crippen LogP contribution in [0.25, 0.3) is 0 Å². The van der Waals surface area contributed by atoms with Crippen LogP contribution in [0, 0.1) is 11.8 Å². The lowest BCUT2D eigenvalue weighted by atomic mass is 9.64. The van der Waals surface area contributed by atoms with Crippen LogP contribution in [0.3, 0.4) is 0 Å². The predicted octanol–water partition coefficient (Wildman–Crippen LogP) is 5.52. The molecule has 1 heterocycles. The fourth-order valence-electron chi connectivity index (χ4n) is 5.11. The van der Waals surface area contributed by atoms with Crippen molar-refractivity contribution >= 4 is 11.9 Å². The predicted molar refractivity (Wildman–Crippen MR) is 116 cm³/mol. The number of carbonyl (C=O) groups excluding carboxylic acids is 2. The van der Waals surface area contributed by atoms with Crippen molar-refractivity contribution in [2.45, 2.75) is 76.9 Å². The first-order chi connectivity index (χ1) is 13.8. The molecule has 1 aromatic carbocycles. The Morgan fingerprint density at radius 3 is 2.69 bits per heavy atom. The molecule has 3 rings (SSSR count). The summed E-state index contributed by atoms with van der Waals surface area (Å²) in [4.78, 5) is 26.8. The van der Waals surface area contributed by atoms with Gasteiger partial charge >= 0.3 is 6.09 Å². The maximum atomic E-state index is 13.1. The number of hydrogen-bond acceptors (Lipinski definition) is 3. The van der Waals surface area contributed by atoms with Crippen molar-refractivity contribution in [2.24, 2.45) is 11.8 Å². The van der Waals surface area contributed by atoms with Crippen LogP contribution >= 0.6 is 0 Å². The molecule has 1 aliphatic heterocycles. The van der Waals surface area contributed by atoms with Crippen LogP contribution < -0.4 is 0 Å². The summed E-state index contributed by atoms with van der Waals surface area (Å²) in [6.07, 6.45) is 5.96. The third-order valence-electron chi connectivity index (χ3n) is 6.96. The summed E-state index contributed by atoms with van der Waals surface area (Å²) in [5.41, 5.74) is 1.21. The van der Waals surface area contributed by atoms with Crippen molar-refractivity contribution in [1.82, 2.24) is 4.90 Å². The Morgan fingerprint density at radius 1 is 1.28 bits per heavy atom. The average molecular weight is 398 g/mol. The number of amides is 1. The maximum Gasteiger partial charge on any atom is 0.410 e. The van der Waals surface area contributed by atoms with Crippen LogP contribution in [0.4, 0.5) is 4.79 Å². The molecule has 2 fully saturated rings. The van der Waals surface area contributed by atoms with Crippen molar-refractivity contribution in [3.63, 3.8) is 0 Å². The Bertz CT molecular complexity index is 727. The van der Waals surface area contributed by atoms with E-state index in [1.807, 2.05) is 6.07 Å². The van der Waals surface area contributed by atoms with Crippen LogP contribution in [-0.2, 0) is 14.9 Å². The molecule has 4 nitrogen and oxygen atoms in total. The van der Waals surface area contributed by atoms with Gasteiger partial charge in [0.1, 0.15) is 11.9 Å². The van der Waals surface area contributed by atoms with E-state index in [0.717, 1.165) is 19.3 Å². The number of Topliss-reactive ketones (excluding diaryl/α,β-unsaturated/α-hetero) is 1. The quantitative estimate of drug-likeness (QED) is 0.615. The summed E-state index contributed by atoms with van der Waals surface area (Å²) < 4.78 is 6.17. The van der Waals surface area contributed by atoms with E-state index in [4.69, 9.17) is 4.74 Å². The first-order valence-corrected chi connectivity index (χ1v) is 11.0. The molecule has 2 aliphatic rings. The zero-order chi connectivity index (χ0) is 21.0. The number of benzene rings is 1. The topological polar surface area (TPSA) is 46.6 Å². The van der Waals surface area contributed by atoms with Crippen molar-refractivity contribution < 1.29 is 14.3 Å². The lowest BCUT2D eigenvalue weighted by molar-refractivity contribution is -0.122. The van der Waals surface area contributed by atoms with E-state index >= 15 is 0 Å². The van der Waals surface area contributed by atoms with Gasteiger partial charge in [-0.15, -0.1) is 6.58 Å². The second kappa shape index (κ2) is 9.15. The van der Waals surface area contributed by atoms with E-state index in [9.17, 15) is 9.59 Å². The molecule has 0 N–H and O–H groups in total. The number of rotatable bonds is 5. The number of hydrogen-bond donors (Lipinski definition) is 0. The van der Waals surface area contributed by atoms with Crippen LogP contribution in [0.5, 0.6) is 0 Å². The van der Waals surface area contributed by atoms with E-state index in [1.54, 1.807) is 11.0 Å². The largest absolute Gasteiger partial charge is 0.446 e. The number of carbonyl (C=O) groups is 2. The highest BCUT2D eigenvalue weighted by atomic mass is 16.6. The SMILES string of the molecule is C=CC[C@@H]1CC(=O)CCN1C(=O)O[C@@H]1C[C@H](C)CC[C@H]1C(C)(C)c1ccccc1. The lowest BCUT2D eigenvalue weighted by Gasteiger charge is -2.45. The molecule has 1 aromatic rings. The fourth-order valence-corrected chi connectivity index (χ4v) is 5.11. The summed E-state index contributed by atoms with van der Waals surface area (Å²) >= 11 is 0. The van der Waals surface area contributed by atoms with Gasteiger partial charge in [-0.05, 0) is 36.2 Å². The first-order valence-electron chi connectivity index (χ1n) is 11.0. The van der Waals surface area contributed by atoms with Crippen LogP contribution in [0.2, 0.25) is 0 Å². The molecule has 0 radical (unpaired) electrons. The smallest absolute Gasteiger partial charge is 0.410 e. The van der Waals surface area contributed by atoms with Crippen molar-refractivity contribution in [3.8, 4) is 0 Å². The van der Waals surface area contributed by atoms with E-state index in [1.165, 1.54) is 5.56 Å². The van der Waals surface area contributed by atoms with Gasteiger partial charge in [-0.1, -0.05) is 63.6 Å². The van der Waals surface area contributed by atoms with Gasteiger partial charge in [0, 0.05) is 31.3 Å². The Hall–Kier alpha value is -2.10. The van der Waals surface area contributed by atoms with Crippen molar-refractivity contribution in [1.29, 1.82) is 0 Å². The van der Waals surface area contributed by atoms with Gasteiger partial charge in [-0.25, -0.2) is 4.79 Å². The molecule has 4 heteroatoms. The highest BCUT2D eigenvalue weighted by molar-refractivity contribution is 5.82. The van der Waals surface area contributed by atoms with Crippen LogP contribution in [0.1, 0.15) is 64.9 Å². The number of ether oxygens (including phenoxy) is 1. The Labute approximate surface area is 175 Å². The molecule has 29 heavy (non-hydrogen) atoms. The molecule has 0 unspecified atom stereocenters. The van der Waals surface area contributed by atoms with E-state index in [0.29, 0.717) is 31.7 Å². The van der Waals surface area contributed by atoms with E-state index in [-0.39, 0.29) is 35.4 Å². The van der Waals surface area contributed by atoms with Gasteiger partial charge in [0.05, 0.1) is 0 Å². The molecule has 0 bridgehead atoms. The summed E-state index contributed by atoms with van der Waals surface area (Å²) in [6, 6.07) is 10.4. The lowest BCUT2D eigenvalue weighted by Crippen LogP contribution is -2.50. The van der Waals surface area contributed by atoms with Crippen molar-refractivity contribution in [3.05, 3.63) is 48.6 Å². The van der Waals surface area contributed by atoms with Gasteiger partial charge in [-0.2, -0.15) is 0 Å². The number of piperidine rings is 1. The molecule has 1 saturated heterocycles. The number of likely N-dealkylation sites (tertiary alicyclic amines) is 1. The minimum Gasteiger partial charge on any atom is -0.446 e. The molecule has 4 atom stereocenters. The molecule has 158 valence electrons. The van der Waals surface area contributed by atoms with Gasteiger partial charge in [0.15, 0.2) is 0 Å². The Morgan fingerprint density at radius 2 is 2.00 bits per heavy atom. The van der Waals surface area contributed by atoms with Gasteiger partial charge < -0.3 is 9.64 Å². The average Bonchev–Trinajstić information content (AvgIpc) is 2.69. The third-order valence-corrected chi connectivity index (χ3v) is 6.96. The van der Waals surface area contributed by atoms with Gasteiger partial charge in [0.25, 0.3) is 0 Å². The summed E-state index contributed by atoms with van der Waals surface area (Å²) in [6.45, 7) is 11.0. The fraction of sp³-hybridized carbons (Fsp3) is 0.600. The molecule has 0 aromatic heterocycles. The summed E-state index contributed by atoms with van der Waals surface area (Å²) in [7, 11) is 0. The minimum atomic E-state index is -0.266. The molecule has 1 saturated carbocycles. The highest BCUT2D eigenvalue weighted by Crippen LogP contribution is 2.43. The van der Waals surface area contributed by atoms with Crippen molar-refractivity contribution in [2.75, 3.05) is 6.54 Å². The normalized spacial score (nSPS) is 28.1. The van der Waals surface area contributed by atoms with E-state index < -0.39 is 0 Å². The first kappa shape index (κ1) is 21.6. The van der Waals surface area contributed by atoms with Crippen LogP contribution in [-0.4, -0.2) is 35.5 Å². The van der Waals surface area contributed by atoms with Crippen LogP contribution in [0.15, 0.2) is 43.0 Å². The van der Waals surface area contributed by atoms with Gasteiger partial charge in [0.2, 0.25) is 0 Å². The monoisotopic (exact) mass is 397 g/mol. The zero-order valence-corrected chi connectivity index (χ0v) is 18.1. The number of ketones is 1. The molecular weight excluding hydrogens is 362 g/mol. The second-order valence-corrected chi connectivity index (χ2v) is 9.40. The molecular formula is C25H35NO3. The minimum absolute atomic E-state index is 0.0786. The molecule has 1 amide bonds. The highest BCUT2D eigenvalue weighted by Gasteiger charge is 2.43. The Kier molecular flexibility index (Phi) is 6.81. The van der Waals surface area contributed by atoms with E-state index in [2.05, 4.69) is 51.6 Å². The maximum absolute atomic E-state index is 13.1. The summed E-state index contributed by atoms with van der Waals surface area (Å²) in [5.74, 6) is 1.03. The second-order valence-electron chi connectivity index (χ2n) is 9.40. The standard InChI is InChI=1S/C25H35NO3/c1-5-9-20-17-21(27)14-15-26(20)24(28)29-23-16-18(2)12-13-22(23)25(3,4)19-10-7-6-8-11-19/h5-8,10-11,18,20,22-23H,1,9,12-17H2,2-4H3/t18-,20-,22-,23-/m1/s1. The summed E-state index contributed by atoms with van der Waals surface area (Å²) in [5, 5.41) is 0. The molecule has 1 aliphatic carbocycles. The number of nitrogens with zero attached hydrogens (tertiary/aromatic N) is 1. The van der Waals surface area contributed by atoms with Gasteiger partial charge in [-0.3, -0.25) is 4.79 Å².